The van der Waals surface area contributed by atoms with Crippen molar-refractivity contribution >= 4 is 0 Å². The normalized spacial score (nSPS) is 24.1. The number of ether oxygens (including phenoxy) is 29. The van der Waals surface area contributed by atoms with Crippen LogP contribution in [0.15, 0.2) is 0 Å². The summed E-state index contributed by atoms with van der Waals surface area (Å²) in [6, 6.07) is 0. The van der Waals surface area contributed by atoms with Crippen LogP contribution in [0.2, 0.25) is 0 Å². The predicted octanol–water partition coefficient (Wildman–Crippen LogP) is -11.8. The van der Waals surface area contributed by atoms with E-state index in [1.807, 2.05) is 0 Å². The van der Waals surface area contributed by atoms with Gasteiger partial charge in [-0.25, -0.2) is 0 Å². The summed E-state index contributed by atoms with van der Waals surface area (Å²) in [5.74, 6) is -1.32. The number of rotatable bonds is 96. The van der Waals surface area contributed by atoms with Gasteiger partial charge in [-0.3, -0.25) is 0 Å². The third-order valence-corrected chi connectivity index (χ3v) is 21.5. The molecule has 53 heteroatoms. The molecule has 23 unspecified atom stereocenters. The number of aliphatic hydroxyl groups is 24. The fourth-order valence-corrected chi connectivity index (χ4v) is 14.0. The van der Waals surface area contributed by atoms with Gasteiger partial charge in [0, 0.05) is 53.5 Å². The summed E-state index contributed by atoms with van der Waals surface area (Å²) >= 11 is 0. The summed E-state index contributed by atoms with van der Waals surface area (Å²) in [5, 5.41) is 255. The Balaban J connectivity index is 2.21. The van der Waals surface area contributed by atoms with Gasteiger partial charge in [0.2, 0.25) is 0 Å². The lowest BCUT2D eigenvalue weighted by molar-refractivity contribution is -0.365. The van der Waals surface area contributed by atoms with Crippen molar-refractivity contribution in [2.24, 2.45) is 11.8 Å². The summed E-state index contributed by atoms with van der Waals surface area (Å²) in [5.41, 5.74) is 0. The zero-order valence-electron chi connectivity index (χ0n) is 81.3. The highest BCUT2D eigenvalue weighted by atomic mass is 16.8. The minimum absolute atomic E-state index is 0.00368. The molecule has 0 aromatic rings. The smallest absolute Gasteiger partial charge is 0.187 e. The molecule has 832 valence electrons. The van der Waals surface area contributed by atoms with Crippen molar-refractivity contribution < 1.29 is 260 Å². The maximum atomic E-state index is 12.0. The topological polar surface area (TPSA) is 753 Å². The molecule has 53 nitrogen and oxygen atoms in total. The van der Waals surface area contributed by atoms with Gasteiger partial charge in [0.25, 0.3) is 0 Å². The number of methoxy groups -OCH3 is 4. The van der Waals surface area contributed by atoms with Gasteiger partial charge in [0.1, 0.15) is 122 Å². The molecule has 0 aliphatic carbocycles. The van der Waals surface area contributed by atoms with Gasteiger partial charge in [0.15, 0.2) is 37.7 Å². The summed E-state index contributed by atoms with van der Waals surface area (Å²) in [6.45, 7) is -3.17. The van der Waals surface area contributed by atoms with Crippen LogP contribution in [0.4, 0.5) is 0 Å². The van der Waals surface area contributed by atoms with Crippen LogP contribution in [0.1, 0.15) is 53.4 Å². The molecule has 0 saturated carbocycles. The molecule has 0 bridgehead atoms. The molecule has 0 spiro atoms. The lowest BCUT2D eigenvalue weighted by Crippen LogP contribution is -2.65. The molecular formula is C86H170O53. The highest BCUT2D eigenvalue weighted by Gasteiger charge is 2.53. The first-order valence-electron chi connectivity index (χ1n) is 47.0. The second-order valence-electron chi connectivity index (χ2n) is 32.5. The van der Waals surface area contributed by atoms with Gasteiger partial charge >= 0.3 is 0 Å². The maximum Gasteiger partial charge on any atom is 0.187 e. The summed E-state index contributed by atoms with van der Waals surface area (Å²) in [4.78, 5) is 0. The molecule has 2 aliphatic heterocycles. The molecule has 24 N–H and O–H groups in total. The van der Waals surface area contributed by atoms with E-state index in [0.717, 1.165) is 7.11 Å². The Morgan fingerprint density at radius 3 is 1.10 bits per heavy atom. The van der Waals surface area contributed by atoms with E-state index in [1.165, 1.54) is 21.3 Å². The first kappa shape index (κ1) is 133. The quantitative estimate of drug-likeness (QED) is 0.0199. The van der Waals surface area contributed by atoms with Crippen LogP contribution in [0, 0.1) is 11.8 Å². The average Bonchev–Trinajstić information content (AvgIpc) is 0.776. The molecular weight excluding hydrogens is 1880 g/mol. The van der Waals surface area contributed by atoms with Crippen molar-refractivity contribution in [2.45, 2.75) is 250 Å². The van der Waals surface area contributed by atoms with E-state index >= 15 is 0 Å². The molecule has 2 fully saturated rings. The Morgan fingerprint density at radius 2 is 0.655 bits per heavy atom. The van der Waals surface area contributed by atoms with Crippen LogP contribution in [0.5, 0.6) is 0 Å². The van der Waals surface area contributed by atoms with Crippen molar-refractivity contribution in [2.75, 3.05) is 293 Å². The van der Waals surface area contributed by atoms with Crippen molar-refractivity contribution in [3.8, 4) is 0 Å². The molecule has 2 aliphatic rings. The Kier molecular flexibility index (Phi) is 79.1. The zero-order chi connectivity index (χ0) is 103. The van der Waals surface area contributed by atoms with E-state index < -0.39 is 248 Å². The average molecular weight is 2050 g/mol. The number of aliphatic hydroxyl groups excluding tert-OH is 23. The van der Waals surface area contributed by atoms with E-state index in [2.05, 4.69) is 0 Å². The Labute approximate surface area is 811 Å². The van der Waals surface area contributed by atoms with Crippen LogP contribution >= 0.6 is 0 Å². The molecule has 0 radical (unpaired) electrons. The van der Waals surface area contributed by atoms with Gasteiger partial charge in [-0.1, -0.05) is 27.7 Å². The highest BCUT2D eigenvalue weighted by molar-refractivity contribution is 4.97. The third-order valence-electron chi connectivity index (χ3n) is 21.5. The molecule has 0 aromatic heterocycles. The van der Waals surface area contributed by atoms with Gasteiger partial charge in [0.05, 0.1) is 288 Å². The van der Waals surface area contributed by atoms with Crippen LogP contribution in [0.25, 0.3) is 0 Å². The van der Waals surface area contributed by atoms with Gasteiger partial charge in [-0.15, -0.1) is 0 Å². The molecule has 0 aromatic carbocycles. The third kappa shape index (κ3) is 54.8. The fraction of sp³-hybridized carbons (Fsp3) is 1.00. The molecule has 2 saturated heterocycles. The van der Waals surface area contributed by atoms with Crippen molar-refractivity contribution in [3.05, 3.63) is 0 Å². The van der Waals surface area contributed by atoms with Crippen LogP contribution in [-0.2, 0) is 137 Å². The Bertz CT molecular complexity index is 2740. The minimum Gasteiger partial charge on any atom is -0.394 e. The zero-order valence-corrected chi connectivity index (χ0v) is 81.3. The molecule has 2 rings (SSSR count). The SMILES string of the molecule is CCC(O)COCCOC(C(O)C(CCOCCO)OC(O)[C@@H](OCCOCC(O)COCCOCC(C)C(OC)[C@H](O)[C@H](OCCO)C(O)OC(CCOCCOCC(COCCOC1C(O)[C@H](OC2OC(COCCO)C(OC)[C@H](O)[C@@H]2OCCOCC(O)CC)[C@H](COCCO)O[C@H]1O)OCC(O)CO)C(O)C(OCCOCC(O)CO)C(O)O)[C@@H](O)C(OC)C(C)COCCO)[C@@H](O)OC. The van der Waals surface area contributed by atoms with Gasteiger partial charge < -0.3 is 260 Å². The van der Waals surface area contributed by atoms with Crippen molar-refractivity contribution in [1.29, 1.82) is 0 Å². The largest absolute Gasteiger partial charge is 0.394 e. The van der Waals surface area contributed by atoms with Crippen LogP contribution < -0.4 is 0 Å². The molecule has 139 heavy (non-hydrogen) atoms. The second kappa shape index (κ2) is 82.7. The van der Waals surface area contributed by atoms with Crippen molar-refractivity contribution in [3.63, 3.8) is 0 Å². The van der Waals surface area contributed by atoms with Crippen LogP contribution in [-0.4, -0.2) is 612 Å². The first-order valence-corrected chi connectivity index (χ1v) is 47.0. The molecule has 2 heterocycles. The Hall–Kier alpha value is -2.12. The van der Waals surface area contributed by atoms with E-state index in [0.29, 0.717) is 12.8 Å². The monoisotopic (exact) mass is 2050 g/mol. The van der Waals surface area contributed by atoms with Crippen molar-refractivity contribution in [1.82, 2.24) is 0 Å². The van der Waals surface area contributed by atoms with Crippen LogP contribution in [0.3, 0.4) is 0 Å². The summed E-state index contributed by atoms with van der Waals surface area (Å²) < 4.78 is 166. The standard InChI is InChI=1S/C86H170O53/c1-9-55(94)43-122-30-35-130-76(82(107)114-8)66(100)62(11-18-115-20-13-87)136-84(109)78(68(102)71(111-5)53(3)41-117-21-14-88)131-36-31-125-47-59(98)46-121-28-27-120-42-54(4)72(112-6)67(101)77(128-24-17-91)83(108)135-61(65(99)75(81(105)106)129-34-29-124-45-57(96)39-92)12-19-116-25-26-126-49-60(134-48-58(97)40-93)50-127-33-37-132-79-70(104)74(64(137-85(79)110)52-119-23-16-90)139-86-80(133-38-32-123-44-56(95)10-2)69(103)73(113-7)63(138-86)51-118-22-15-89/h53-110H,9-52H2,1-8H3/t53?,54?,55?,56?,57?,58?,59?,60?,61?,62?,63?,64-,65?,66?,67-,68-,69-,70?,71?,72?,73?,74+,75?,76?,77-,78-,79?,80-,82-,83?,84?,85+,86?/m0/s1. The first-order chi connectivity index (χ1) is 66.9. The number of hydrogen-bond donors (Lipinski definition) is 24. The Morgan fingerprint density at radius 1 is 0.295 bits per heavy atom. The van der Waals surface area contributed by atoms with E-state index in [-0.39, 0.29) is 237 Å². The lowest BCUT2D eigenvalue weighted by atomic mass is 9.96. The second-order valence-corrected chi connectivity index (χ2v) is 32.5. The van der Waals surface area contributed by atoms with E-state index in [9.17, 15) is 123 Å². The molecule has 0 amide bonds. The van der Waals surface area contributed by atoms with E-state index in [4.69, 9.17) is 137 Å². The molecule has 33 atom stereocenters. The summed E-state index contributed by atoms with van der Waals surface area (Å²) in [6.07, 6.45) is -48.3. The predicted molar refractivity (Wildman–Crippen MR) is 472 cm³/mol. The number of hydrogen-bond acceptors (Lipinski definition) is 53. The highest BCUT2D eigenvalue weighted by Crippen LogP contribution is 2.34. The lowest BCUT2D eigenvalue weighted by Gasteiger charge is -2.47. The van der Waals surface area contributed by atoms with Gasteiger partial charge in [-0.2, -0.15) is 0 Å². The maximum absolute atomic E-state index is 12.0. The fourth-order valence-electron chi connectivity index (χ4n) is 14.0. The van der Waals surface area contributed by atoms with E-state index in [1.54, 1.807) is 27.7 Å². The van der Waals surface area contributed by atoms with Gasteiger partial charge in [-0.05, 0) is 25.7 Å². The minimum atomic E-state index is -2.42. The summed E-state index contributed by atoms with van der Waals surface area (Å²) in [7, 11) is 5.01.